The topological polar surface area (TPSA) is 12.0 Å². The fourth-order valence-corrected chi connectivity index (χ4v) is 3.00. The molecule has 0 saturated heterocycles. The van der Waals surface area contributed by atoms with Crippen LogP contribution in [0, 0.1) is 23.5 Å². The Labute approximate surface area is 121 Å². The largest absolute Gasteiger partial charge is 0.314 e. The van der Waals surface area contributed by atoms with E-state index in [1.54, 1.807) is 0 Å². The summed E-state index contributed by atoms with van der Waals surface area (Å²) in [4.78, 5) is 0. The number of benzene rings is 1. The van der Waals surface area contributed by atoms with Crippen LogP contribution in [0.2, 0.25) is 0 Å². The third-order valence-electron chi connectivity index (χ3n) is 4.03. The van der Waals surface area contributed by atoms with Crippen molar-refractivity contribution in [3.05, 3.63) is 33.8 Å². The molecule has 1 nitrogen and oxygen atoms in total. The molecule has 1 aliphatic rings. The van der Waals surface area contributed by atoms with Crippen molar-refractivity contribution in [3.8, 4) is 0 Å². The second kappa shape index (κ2) is 6.31. The van der Waals surface area contributed by atoms with Crippen molar-refractivity contribution in [2.24, 2.45) is 11.8 Å². The van der Waals surface area contributed by atoms with E-state index >= 15 is 0 Å². The number of halogens is 3. The molecule has 0 aliphatic heterocycles. The molecule has 0 spiro atoms. The predicted octanol–water partition coefficient (Wildman–Crippen LogP) is 4.29. The third-order valence-corrected chi connectivity index (χ3v) is 4.64. The Morgan fingerprint density at radius 1 is 1.37 bits per heavy atom. The highest BCUT2D eigenvalue weighted by Gasteiger charge is 2.33. The Kier molecular flexibility index (Phi) is 4.96. The minimum atomic E-state index is -0.467. The molecule has 0 amide bonds. The molecule has 0 bridgehead atoms. The number of hydrogen-bond donors (Lipinski definition) is 1. The van der Waals surface area contributed by atoms with E-state index in [9.17, 15) is 8.78 Å². The van der Waals surface area contributed by atoms with E-state index in [2.05, 4.69) is 28.2 Å². The van der Waals surface area contributed by atoms with Crippen molar-refractivity contribution in [3.63, 3.8) is 0 Å². The maximum atomic E-state index is 14.0. The molecule has 2 unspecified atom stereocenters. The lowest BCUT2D eigenvalue weighted by Gasteiger charge is -2.25. The van der Waals surface area contributed by atoms with Crippen molar-refractivity contribution in [1.29, 1.82) is 0 Å². The first-order valence-electron chi connectivity index (χ1n) is 6.90. The summed E-state index contributed by atoms with van der Waals surface area (Å²) in [7, 11) is 0. The molecule has 1 saturated carbocycles. The van der Waals surface area contributed by atoms with Gasteiger partial charge in [0, 0.05) is 11.6 Å². The summed E-state index contributed by atoms with van der Waals surface area (Å²) in [5.41, 5.74) is 0.188. The smallest absolute Gasteiger partial charge is 0.143 e. The van der Waals surface area contributed by atoms with Gasteiger partial charge in [-0.1, -0.05) is 13.8 Å². The van der Waals surface area contributed by atoms with Gasteiger partial charge in [-0.25, -0.2) is 8.78 Å². The molecule has 19 heavy (non-hydrogen) atoms. The van der Waals surface area contributed by atoms with Crippen LogP contribution < -0.4 is 5.32 Å². The lowest BCUT2D eigenvalue weighted by molar-refractivity contribution is 0.337. The van der Waals surface area contributed by atoms with Crippen molar-refractivity contribution in [1.82, 2.24) is 5.32 Å². The molecule has 0 heterocycles. The van der Waals surface area contributed by atoms with Crippen LogP contribution in [0.25, 0.3) is 0 Å². The zero-order chi connectivity index (χ0) is 14.0. The highest BCUT2D eigenvalue weighted by atomic mass is 79.9. The van der Waals surface area contributed by atoms with Gasteiger partial charge in [0.05, 0.1) is 4.47 Å². The Morgan fingerprint density at radius 3 is 2.63 bits per heavy atom. The average molecular weight is 332 g/mol. The van der Waals surface area contributed by atoms with Gasteiger partial charge in [0.2, 0.25) is 0 Å². The Balaban J connectivity index is 2.18. The van der Waals surface area contributed by atoms with Crippen LogP contribution in [0.3, 0.4) is 0 Å². The van der Waals surface area contributed by atoms with E-state index in [0.717, 1.165) is 6.54 Å². The maximum Gasteiger partial charge on any atom is 0.143 e. The first-order valence-corrected chi connectivity index (χ1v) is 7.69. The minimum absolute atomic E-state index is 0.135. The number of likely N-dealkylation sites (N-methyl/N-ethyl adjacent to an activating group) is 1. The number of hydrogen-bond acceptors (Lipinski definition) is 1. The second-order valence-corrected chi connectivity index (χ2v) is 6.24. The minimum Gasteiger partial charge on any atom is -0.314 e. The van der Waals surface area contributed by atoms with Crippen LogP contribution in [0.5, 0.6) is 0 Å². The molecule has 2 rings (SSSR count). The monoisotopic (exact) mass is 331 g/mol. The zero-order valence-corrected chi connectivity index (χ0v) is 12.9. The fraction of sp³-hybridized carbons (Fsp3) is 0.600. The van der Waals surface area contributed by atoms with Gasteiger partial charge in [-0.05, 0) is 65.7 Å². The van der Waals surface area contributed by atoms with Crippen LogP contribution in [0.1, 0.15) is 32.3 Å². The molecule has 1 aromatic carbocycles. The summed E-state index contributed by atoms with van der Waals surface area (Å²) in [6.45, 7) is 5.03. The van der Waals surface area contributed by atoms with E-state index < -0.39 is 11.6 Å². The zero-order valence-electron chi connectivity index (χ0n) is 11.3. The van der Waals surface area contributed by atoms with Gasteiger partial charge in [-0.15, -0.1) is 0 Å². The van der Waals surface area contributed by atoms with Crippen molar-refractivity contribution in [2.75, 3.05) is 6.54 Å². The highest BCUT2D eigenvalue weighted by molar-refractivity contribution is 9.10. The van der Waals surface area contributed by atoms with E-state index in [1.165, 1.54) is 25.0 Å². The highest BCUT2D eigenvalue weighted by Crippen LogP contribution is 2.39. The van der Waals surface area contributed by atoms with Crippen LogP contribution in [-0.2, 0) is 6.42 Å². The summed E-state index contributed by atoms with van der Waals surface area (Å²) >= 11 is 3.13. The van der Waals surface area contributed by atoms with Gasteiger partial charge in [-0.2, -0.15) is 0 Å². The second-order valence-electron chi connectivity index (χ2n) is 5.39. The maximum absolute atomic E-state index is 14.0. The van der Waals surface area contributed by atoms with Gasteiger partial charge in [-0.3, -0.25) is 0 Å². The molecule has 1 fully saturated rings. The van der Waals surface area contributed by atoms with Gasteiger partial charge < -0.3 is 5.32 Å². The fourth-order valence-electron chi connectivity index (χ4n) is 2.63. The first kappa shape index (κ1) is 14.9. The summed E-state index contributed by atoms with van der Waals surface area (Å²) in [5, 5.41) is 3.38. The lowest BCUT2D eigenvalue weighted by Crippen LogP contribution is -2.38. The van der Waals surface area contributed by atoms with Gasteiger partial charge >= 0.3 is 0 Å². The van der Waals surface area contributed by atoms with Crippen LogP contribution in [0.4, 0.5) is 8.78 Å². The van der Waals surface area contributed by atoms with E-state index in [1.807, 2.05) is 6.92 Å². The van der Waals surface area contributed by atoms with Crippen molar-refractivity contribution in [2.45, 2.75) is 39.2 Å². The predicted molar refractivity (Wildman–Crippen MR) is 77.1 cm³/mol. The van der Waals surface area contributed by atoms with Gasteiger partial charge in [0.25, 0.3) is 0 Å². The first-order chi connectivity index (χ1) is 9.04. The van der Waals surface area contributed by atoms with E-state index in [4.69, 9.17) is 0 Å². The molecule has 106 valence electrons. The molecule has 2 atom stereocenters. The van der Waals surface area contributed by atoms with E-state index in [0.29, 0.717) is 22.7 Å². The number of nitrogens with one attached hydrogen (secondary N) is 1. The lowest BCUT2D eigenvalue weighted by atomic mass is 9.90. The molecular weight excluding hydrogens is 312 g/mol. The average Bonchev–Trinajstić information content (AvgIpc) is 3.21. The van der Waals surface area contributed by atoms with Gasteiger partial charge in [0.1, 0.15) is 11.6 Å². The van der Waals surface area contributed by atoms with Gasteiger partial charge in [0.15, 0.2) is 0 Å². The third kappa shape index (κ3) is 3.54. The van der Waals surface area contributed by atoms with Crippen LogP contribution in [-0.4, -0.2) is 12.6 Å². The van der Waals surface area contributed by atoms with Crippen LogP contribution >= 0.6 is 15.9 Å². The summed E-state index contributed by atoms with van der Waals surface area (Å²) < 4.78 is 28.2. The van der Waals surface area contributed by atoms with Crippen molar-refractivity contribution < 1.29 is 8.78 Å². The summed E-state index contributed by atoms with van der Waals surface area (Å²) in [6, 6.07) is 2.88. The Bertz CT molecular complexity index is 446. The summed E-state index contributed by atoms with van der Waals surface area (Å²) in [5.74, 6) is 0.248. The Morgan fingerprint density at radius 2 is 2.05 bits per heavy atom. The Hall–Kier alpha value is -0.480. The van der Waals surface area contributed by atoms with Crippen LogP contribution in [0.15, 0.2) is 16.6 Å². The standard InChI is InChI=1S/C15H20BrF2N/c1-3-19-14(9(2)10-4-5-10)8-11-13(17)7-6-12(16)15(11)18/h6-7,9-10,14,19H,3-5,8H2,1-2H3. The van der Waals surface area contributed by atoms with Crippen molar-refractivity contribution >= 4 is 15.9 Å². The molecule has 1 aliphatic carbocycles. The molecule has 0 aromatic heterocycles. The molecule has 0 radical (unpaired) electrons. The summed E-state index contributed by atoms with van der Waals surface area (Å²) in [6.07, 6.45) is 2.89. The number of rotatable bonds is 6. The molecule has 4 heteroatoms. The quantitative estimate of drug-likeness (QED) is 0.766. The molecule has 1 aromatic rings. The molecular formula is C15H20BrF2N. The normalized spacial score (nSPS) is 18.4. The SMILES string of the molecule is CCNC(Cc1c(F)ccc(Br)c1F)C(C)C1CC1. The van der Waals surface area contributed by atoms with E-state index in [-0.39, 0.29) is 11.6 Å². The molecule has 1 N–H and O–H groups in total.